The zero-order valence-corrected chi connectivity index (χ0v) is 20.9. The number of rotatable bonds is 4. The molecule has 31 heavy (non-hydrogen) atoms. The number of fused-ring (bicyclic) bond motifs is 1. The molecule has 2 fully saturated rings. The summed E-state index contributed by atoms with van der Waals surface area (Å²) in [5.41, 5.74) is 0.834. The highest BCUT2D eigenvalue weighted by Crippen LogP contribution is 2.44. The SMILES string of the molecule is O=C(c1ccccc1Cl)N(Cc1ccccc1Cl)N1C(=O)[C@H]2C[C@H](Br)[C@@H](Br)C[C@H]2C1=O. The summed E-state index contributed by atoms with van der Waals surface area (Å²) in [6.07, 6.45) is 1.03. The molecule has 1 aliphatic carbocycles. The first-order chi connectivity index (χ1) is 14.8. The van der Waals surface area contributed by atoms with Gasteiger partial charge in [0.15, 0.2) is 0 Å². The van der Waals surface area contributed by atoms with Gasteiger partial charge in [-0.1, -0.05) is 85.4 Å². The van der Waals surface area contributed by atoms with Crippen LogP contribution >= 0.6 is 55.1 Å². The van der Waals surface area contributed by atoms with Gasteiger partial charge in [0.05, 0.1) is 29.0 Å². The topological polar surface area (TPSA) is 57.7 Å². The maximum Gasteiger partial charge on any atom is 0.274 e. The Morgan fingerprint density at radius 1 is 0.903 bits per heavy atom. The molecule has 0 unspecified atom stereocenters. The Morgan fingerprint density at radius 3 is 1.97 bits per heavy atom. The van der Waals surface area contributed by atoms with Gasteiger partial charge in [-0.15, -0.1) is 0 Å². The molecular weight excluding hydrogens is 571 g/mol. The van der Waals surface area contributed by atoms with Crippen LogP contribution < -0.4 is 0 Å². The molecule has 2 aliphatic rings. The van der Waals surface area contributed by atoms with Crippen molar-refractivity contribution in [1.82, 2.24) is 10.0 Å². The van der Waals surface area contributed by atoms with Crippen molar-refractivity contribution in [2.75, 3.05) is 0 Å². The molecule has 1 heterocycles. The molecule has 1 aliphatic heterocycles. The van der Waals surface area contributed by atoms with E-state index < -0.39 is 17.7 Å². The van der Waals surface area contributed by atoms with Gasteiger partial charge in [-0.3, -0.25) is 14.4 Å². The lowest BCUT2D eigenvalue weighted by atomic mass is 9.81. The maximum absolute atomic E-state index is 13.5. The van der Waals surface area contributed by atoms with Crippen LogP contribution in [-0.2, 0) is 16.1 Å². The fourth-order valence-electron chi connectivity index (χ4n) is 4.11. The number of carbonyl (C=O) groups excluding carboxylic acids is 3. The van der Waals surface area contributed by atoms with Crippen LogP contribution in [0.25, 0.3) is 0 Å². The van der Waals surface area contributed by atoms with Gasteiger partial charge in [0, 0.05) is 14.7 Å². The molecular formula is C22H18Br2Cl2N2O3. The Bertz CT molecular complexity index is 1020. The molecule has 162 valence electrons. The van der Waals surface area contributed by atoms with Gasteiger partial charge in [0.2, 0.25) is 0 Å². The van der Waals surface area contributed by atoms with E-state index in [-0.39, 0.29) is 38.6 Å². The highest BCUT2D eigenvalue weighted by atomic mass is 79.9. The lowest BCUT2D eigenvalue weighted by Crippen LogP contribution is -2.50. The number of halogens is 4. The molecule has 2 aromatic carbocycles. The summed E-state index contributed by atoms with van der Waals surface area (Å²) in [6, 6.07) is 13.6. The number of nitrogens with zero attached hydrogens (tertiary/aromatic N) is 2. The molecule has 9 heteroatoms. The molecule has 5 nitrogen and oxygen atoms in total. The van der Waals surface area contributed by atoms with E-state index in [0.717, 1.165) is 5.01 Å². The summed E-state index contributed by atoms with van der Waals surface area (Å²) < 4.78 is 0. The molecule has 0 spiro atoms. The number of hydrazine groups is 1. The average Bonchev–Trinajstić information content (AvgIpc) is 2.97. The maximum atomic E-state index is 13.5. The van der Waals surface area contributed by atoms with E-state index in [1.54, 1.807) is 48.5 Å². The smallest absolute Gasteiger partial charge is 0.272 e. The van der Waals surface area contributed by atoms with Gasteiger partial charge in [0.1, 0.15) is 0 Å². The Hall–Kier alpha value is -1.41. The third-order valence-corrected chi connectivity index (χ3v) is 9.18. The quantitative estimate of drug-likeness (QED) is 0.351. The molecule has 1 saturated heterocycles. The number of carbonyl (C=O) groups is 3. The third kappa shape index (κ3) is 4.30. The van der Waals surface area contributed by atoms with Crippen molar-refractivity contribution in [3.63, 3.8) is 0 Å². The molecule has 1 saturated carbocycles. The standard InChI is InChI=1S/C22H18Br2Cl2N2O3/c23-16-9-14-15(10-17(16)24)22(31)28(21(14)30)27(11-12-5-1-3-7-18(12)25)20(29)13-6-2-4-8-19(13)26/h1-8,14-17H,9-11H2/t14-,15+,16-,17-/m0/s1. The summed E-state index contributed by atoms with van der Waals surface area (Å²) in [5.74, 6) is -2.22. The molecule has 4 atom stereocenters. The van der Waals surface area contributed by atoms with Crippen LogP contribution in [0.15, 0.2) is 48.5 Å². The molecule has 4 rings (SSSR count). The Morgan fingerprint density at radius 2 is 1.42 bits per heavy atom. The normalized spacial score (nSPS) is 25.5. The van der Waals surface area contributed by atoms with E-state index in [0.29, 0.717) is 23.4 Å². The van der Waals surface area contributed by atoms with Gasteiger partial charge in [-0.25, -0.2) is 5.01 Å². The second kappa shape index (κ2) is 9.22. The highest BCUT2D eigenvalue weighted by molar-refractivity contribution is 9.12. The van der Waals surface area contributed by atoms with E-state index in [1.165, 1.54) is 5.01 Å². The van der Waals surface area contributed by atoms with E-state index in [2.05, 4.69) is 31.9 Å². The lowest BCUT2D eigenvalue weighted by molar-refractivity contribution is -0.155. The number of hydrogen-bond donors (Lipinski definition) is 0. The van der Waals surface area contributed by atoms with Gasteiger partial charge in [-0.05, 0) is 36.6 Å². The van der Waals surface area contributed by atoms with Crippen molar-refractivity contribution >= 4 is 72.8 Å². The molecule has 0 aromatic heterocycles. The van der Waals surface area contributed by atoms with Crippen molar-refractivity contribution in [2.45, 2.75) is 29.0 Å². The minimum absolute atomic E-state index is 0.0316. The molecule has 2 aromatic rings. The zero-order chi connectivity index (χ0) is 22.3. The molecule has 3 amide bonds. The molecule has 0 radical (unpaired) electrons. The monoisotopic (exact) mass is 586 g/mol. The van der Waals surface area contributed by atoms with Gasteiger partial charge < -0.3 is 0 Å². The zero-order valence-electron chi connectivity index (χ0n) is 16.2. The summed E-state index contributed by atoms with van der Waals surface area (Å²) in [6.45, 7) is -0.0316. The van der Waals surface area contributed by atoms with E-state index in [1.807, 2.05) is 0 Å². The second-order valence-corrected chi connectivity index (χ2v) is 10.8. The van der Waals surface area contributed by atoms with Gasteiger partial charge in [0.25, 0.3) is 17.7 Å². The van der Waals surface area contributed by atoms with Crippen LogP contribution in [0, 0.1) is 11.8 Å². The van der Waals surface area contributed by atoms with E-state index in [9.17, 15) is 14.4 Å². The molecule has 0 bridgehead atoms. The van der Waals surface area contributed by atoms with Gasteiger partial charge in [-0.2, -0.15) is 5.01 Å². The first-order valence-corrected chi connectivity index (χ1v) is 12.3. The highest BCUT2D eigenvalue weighted by Gasteiger charge is 2.54. The summed E-state index contributed by atoms with van der Waals surface area (Å²) >= 11 is 19.8. The fourth-order valence-corrected chi connectivity index (χ4v) is 5.76. The predicted molar refractivity (Wildman–Crippen MR) is 126 cm³/mol. The predicted octanol–water partition coefficient (Wildman–Crippen LogP) is 5.47. The Kier molecular flexibility index (Phi) is 6.77. The fraction of sp³-hybridized carbons (Fsp3) is 0.318. The van der Waals surface area contributed by atoms with E-state index >= 15 is 0 Å². The third-order valence-electron chi connectivity index (χ3n) is 5.75. The number of amides is 3. The van der Waals surface area contributed by atoms with Crippen LogP contribution in [0.4, 0.5) is 0 Å². The Balaban J connectivity index is 1.74. The minimum atomic E-state index is -0.531. The van der Waals surface area contributed by atoms with Crippen LogP contribution in [0.3, 0.4) is 0 Å². The van der Waals surface area contributed by atoms with Crippen molar-refractivity contribution in [3.8, 4) is 0 Å². The lowest BCUT2D eigenvalue weighted by Gasteiger charge is -2.31. The number of imide groups is 1. The van der Waals surface area contributed by atoms with Crippen molar-refractivity contribution in [1.29, 1.82) is 0 Å². The largest absolute Gasteiger partial charge is 0.274 e. The number of benzene rings is 2. The first-order valence-electron chi connectivity index (χ1n) is 9.75. The summed E-state index contributed by atoms with van der Waals surface area (Å²) in [4.78, 5) is 40.4. The van der Waals surface area contributed by atoms with Gasteiger partial charge >= 0.3 is 0 Å². The number of hydrogen-bond acceptors (Lipinski definition) is 3. The second-order valence-electron chi connectivity index (χ2n) is 7.64. The minimum Gasteiger partial charge on any atom is -0.272 e. The Labute approximate surface area is 206 Å². The van der Waals surface area contributed by atoms with Crippen molar-refractivity contribution in [3.05, 3.63) is 69.7 Å². The van der Waals surface area contributed by atoms with Crippen LogP contribution in [0.1, 0.15) is 28.8 Å². The van der Waals surface area contributed by atoms with Crippen LogP contribution in [-0.4, -0.2) is 37.4 Å². The average molecular weight is 589 g/mol. The van der Waals surface area contributed by atoms with Crippen LogP contribution in [0.5, 0.6) is 0 Å². The van der Waals surface area contributed by atoms with Crippen LogP contribution in [0.2, 0.25) is 10.0 Å². The van der Waals surface area contributed by atoms with Crippen molar-refractivity contribution in [2.24, 2.45) is 11.8 Å². The summed E-state index contributed by atoms with van der Waals surface area (Å²) in [7, 11) is 0. The first kappa shape index (κ1) is 22.8. The van der Waals surface area contributed by atoms with Crippen molar-refractivity contribution < 1.29 is 14.4 Å². The number of alkyl halides is 2. The van der Waals surface area contributed by atoms with E-state index in [4.69, 9.17) is 23.2 Å². The molecule has 0 N–H and O–H groups in total. The summed E-state index contributed by atoms with van der Waals surface area (Å²) in [5, 5.41) is 2.87.